The highest BCUT2D eigenvalue weighted by Gasteiger charge is 2.51. The molecule has 128 heavy (non-hydrogen) atoms. The molecule has 4 aliphatic rings. The van der Waals surface area contributed by atoms with E-state index in [2.05, 4.69) is 181 Å². The van der Waals surface area contributed by atoms with Gasteiger partial charge in [-0.2, -0.15) is 0 Å². The van der Waals surface area contributed by atoms with Crippen LogP contribution in [0, 0.1) is 66.7 Å². The molecule has 2 fully saturated rings. The molecule has 678 valence electrons. The Morgan fingerprint density at radius 3 is 0.875 bits per heavy atom. The number of carbonyl (C=O) groups excluding carboxylic acids is 5. The summed E-state index contributed by atoms with van der Waals surface area (Å²) in [6, 6.07) is 74.6. The van der Waals surface area contributed by atoms with Crippen LogP contribution >= 0.6 is 0 Å². The average Bonchev–Trinajstić information content (AvgIpc) is 1.54. The second-order valence-corrected chi connectivity index (χ2v) is 35.2. The standard InChI is InChI=1S/C30H26O3.C29H40O3.C26H34O3.C25H22O5.4CH4/c1-19-17-22(13-15-28(19)32-4)30(23-14-16-29(20(2)18-23)33-21(3)31)26-11-7-5-9-24(26)25-10-6-8-12-27(25)30;1-22-20-25(14-16-27(22)31-4)29(18-12-10-8-6-5-7-9-11-13-19-29)26-15-17-28(23(2)21-26)32-24(3)30;1-17-14-25(5,6)16-26(15-17,21-8-10-23(28-7)18(2)12-21)22-9-11-24(19(3)13-22)29-20(4)27;1-15-13-18(9-11-22(15)28-4)25(21-8-6-5-7-20(21)24(27)30-25)19-10-12-23(16(2)14-19)29-17(3)26;;;;/h5-18H,1-4H3;14-17,20-21H,5-13,18-19H2,1-4H3;8-13,17H,14-16H2,1-7H3;5-14H,1-4H3;4*1H4. The molecule has 1 heterocycles. The molecule has 14 heteroatoms. The SMILES string of the molecule is C.C.C.C.COc1ccc(C2(c3ccc(OC(C)=O)c(C)c3)CC(C)CC(C)(C)C2)cc1C.COc1ccc(C2(c3ccc(OC(C)=O)c(C)c3)CCCCCCCCCCC2)cc1C.COc1ccc(C2(c3ccc(OC(C)=O)c(C)c3)OC(=O)c3ccccc32)cc1C.COc1ccc(C2(c3ccc(OC(C)=O)c(C)c3)c3ccccc3-c3ccccc32)cc1C. The van der Waals surface area contributed by atoms with Crippen LogP contribution in [0.4, 0.5) is 0 Å². The Balaban J connectivity index is 0.000000209. The van der Waals surface area contributed by atoms with Gasteiger partial charge in [0.05, 0.1) is 39.4 Å². The summed E-state index contributed by atoms with van der Waals surface area (Å²) in [7, 11) is 6.79. The molecule has 1 aliphatic heterocycles. The van der Waals surface area contributed by atoms with Gasteiger partial charge >= 0.3 is 29.8 Å². The van der Waals surface area contributed by atoms with E-state index in [1.807, 2.05) is 101 Å². The molecule has 0 spiro atoms. The van der Waals surface area contributed by atoms with Crippen molar-refractivity contribution in [2.24, 2.45) is 11.3 Å². The van der Waals surface area contributed by atoms with Crippen LogP contribution < -0.4 is 37.9 Å². The Bertz CT molecular complexity index is 5690. The van der Waals surface area contributed by atoms with Gasteiger partial charge in [0.2, 0.25) is 0 Å². The third kappa shape index (κ3) is 21.5. The Kier molecular flexibility index (Phi) is 34.6. The van der Waals surface area contributed by atoms with Crippen molar-refractivity contribution in [3.63, 3.8) is 0 Å². The van der Waals surface area contributed by atoms with E-state index in [1.165, 1.54) is 148 Å². The maximum atomic E-state index is 12.8. The summed E-state index contributed by atoms with van der Waals surface area (Å²) >= 11 is 0. The zero-order valence-electron chi connectivity index (χ0n) is 76.0. The fraction of sp³-hybridized carbons (Fsp3) is 0.377. The summed E-state index contributed by atoms with van der Waals surface area (Å²) in [6.45, 7) is 29.0. The topological polar surface area (TPSA) is 168 Å². The third-order valence-electron chi connectivity index (χ3n) is 25.5. The van der Waals surface area contributed by atoms with E-state index in [0.717, 1.165) is 110 Å². The molecule has 14 nitrogen and oxygen atoms in total. The molecule has 0 amide bonds. The molecular weight excluding hydrogens is 1590 g/mol. The molecule has 0 aromatic heterocycles. The van der Waals surface area contributed by atoms with Gasteiger partial charge in [-0.15, -0.1) is 0 Å². The molecule has 15 rings (SSSR count). The van der Waals surface area contributed by atoms with E-state index in [-0.39, 0.29) is 75.8 Å². The van der Waals surface area contributed by atoms with Crippen molar-refractivity contribution < 1.29 is 66.6 Å². The number of methoxy groups -OCH3 is 4. The van der Waals surface area contributed by atoms with Crippen LogP contribution in [0.3, 0.4) is 0 Å². The van der Waals surface area contributed by atoms with Gasteiger partial charge in [0.25, 0.3) is 0 Å². The molecular formula is C114H138O14. The number of cyclic esters (lactones) is 1. The number of aryl methyl sites for hydroxylation is 8. The largest absolute Gasteiger partial charge is 0.496 e. The zero-order chi connectivity index (χ0) is 89.0. The minimum Gasteiger partial charge on any atom is -0.496 e. The lowest BCUT2D eigenvalue weighted by atomic mass is 9.55. The highest BCUT2D eigenvalue weighted by atomic mass is 16.6. The number of rotatable bonds is 16. The van der Waals surface area contributed by atoms with Crippen molar-refractivity contribution in [2.45, 2.75) is 245 Å². The van der Waals surface area contributed by atoms with E-state index in [9.17, 15) is 24.0 Å². The second kappa shape index (κ2) is 43.6. The van der Waals surface area contributed by atoms with Crippen LogP contribution in [0.15, 0.2) is 218 Å². The summed E-state index contributed by atoms with van der Waals surface area (Å²) in [6.07, 6.45) is 17.6. The highest BCUT2D eigenvalue weighted by Crippen LogP contribution is 2.59. The van der Waals surface area contributed by atoms with Gasteiger partial charge in [0.1, 0.15) is 46.0 Å². The van der Waals surface area contributed by atoms with Crippen molar-refractivity contribution in [1.29, 1.82) is 0 Å². The quantitative estimate of drug-likeness (QED) is 0.0662. The number of hydrogen-bond donors (Lipinski definition) is 0. The number of carbonyl (C=O) groups is 5. The molecule has 0 bridgehead atoms. The summed E-state index contributed by atoms with van der Waals surface area (Å²) < 4.78 is 49.7. The van der Waals surface area contributed by atoms with E-state index in [0.29, 0.717) is 34.5 Å². The van der Waals surface area contributed by atoms with Gasteiger partial charge < -0.3 is 42.6 Å². The minimum absolute atomic E-state index is 0. The summed E-state index contributed by atoms with van der Waals surface area (Å²) in [4.78, 5) is 58.7. The Morgan fingerprint density at radius 1 is 0.312 bits per heavy atom. The monoisotopic (exact) mass is 1730 g/mol. The Hall–Kier alpha value is -12.0. The minimum atomic E-state index is -1.11. The van der Waals surface area contributed by atoms with Gasteiger partial charge in [0.15, 0.2) is 5.60 Å². The highest BCUT2D eigenvalue weighted by molar-refractivity contribution is 5.96. The van der Waals surface area contributed by atoms with Crippen LogP contribution in [0.25, 0.3) is 11.1 Å². The van der Waals surface area contributed by atoms with E-state index < -0.39 is 11.0 Å². The smallest absolute Gasteiger partial charge is 0.340 e. The van der Waals surface area contributed by atoms with Crippen LogP contribution in [0.2, 0.25) is 0 Å². The van der Waals surface area contributed by atoms with E-state index in [4.69, 9.17) is 42.6 Å². The van der Waals surface area contributed by atoms with Crippen molar-refractivity contribution >= 4 is 29.8 Å². The molecule has 3 unspecified atom stereocenters. The van der Waals surface area contributed by atoms with E-state index >= 15 is 0 Å². The van der Waals surface area contributed by atoms with Gasteiger partial charge in [-0.05, 0) is 266 Å². The van der Waals surface area contributed by atoms with Gasteiger partial charge in [-0.3, -0.25) is 19.2 Å². The summed E-state index contributed by atoms with van der Waals surface area (Å²) in [5, 5.41) is 0. The lowest BCUT2D eigenvalue weighted by Crippen LogP contribution is -2.41. The Morgan fingerprint density at radius 2 is 0.570 bits per heavy atom. The number of fused-ring (bicyclic) bond motifs is 4. The number of hydrogen-bond acceptors (Lipinski definition) is 14. The van der Waals surface area contributed by atoms with Crippen molar-refractivity contribution in [3.8, 4) is 57.1 Å². The molecule has 11 aromatic carbocycles. The van der Waals surface area contributed by atoms with Crippen LogP contribution in [0.5, 0.6) is 46.0 Å². The Labute approximate surface area is 763 Å². The summed E-state index contributed by atoms with van der Waals surface area (Å²) in [5.74, 6) is 4.86. The maximum Gasteiger partial charge on any atom is 0.340 e. The van der Waals surface area contributed by atoms with E-state index in [1.54, 1.807) is 40.6 Å². The lowest BCUT2D eigenvalue weighted by molar-refractivity contribution is -0.132. The normalized spacial score (nSPS) is 17.2. The first-order chi connectivity index (χ1) is 59.3. The molecule has 3 aliphatic carbocycles. The third-order valence-corrected chi connectivity index (χ3v) is 25.5. The first kappa shape index (κ1) is 101. The van der Waals surface area contributed by atoms with Crippen LogP contribution in [0.1, 0.15) is 284 Å². The first-order valence-corrected chi connectivity index (χ1v) is 43.7. The van der Waals surface area contributed by atoms with Gasteiger partial charge in [-0.25, -0.2) is 4.79 Å². The van der Waals surface area contributed by atoms with Crippen molar-refractivity contribution in [1.82, 2.24) is 0 Å². The molecule has 2 saturated carbocycles. The molecule has 0 saturated heterocycles. The average molecular weight is 1730 g/mol. The van der Waals surface area contributed by atoms with Crippen LogP contribution in [-0.2, 0) is 45.8 Å². The lowest BCUT2D eigenvalue weighted by Gasteiger charge is -2.49. The van der Waals surface area contributed by atoms with Crippen LogP contribution in [-0.4, -0.2) is 58.3 Å². The van der Waals surface area contributed by atoms with Crippen molar-refractivity contribution in [3.05, 3.63) is 330 Å². The van der Waals surface area contributed by atoms with Gasteiger partial charge in [0, 0.05) is 55.2 Å². The maximum absolute atomic E-state index is 12.8. The number of benzene rings is 11. The predicted octanol–water partition coefficient (Wildman–Crippen LogP) is 28.0. The van der Waals surface area contributed by atoms with Crippen molar-refractivity contribution in [2.75, 3.05) is 28.4 Å². The zero-order valence-corrected chi connectivity index (χ0v) is 76.0. The van der Waals surface area contributed by atoms with Gasteiger partial charge in [-0.1, -0.05) is 260 Å². The first-order valence-electron chi connectivity index (χ1n) is 43.7. The number of ether oxygens (including phenoxy) is 9. The molecule has 3 atom stereocenters. The summed E-state index contributed by atoms with van der Waals surface area (Å²) in [5.41, 5.74) is 22.2. The number of esters is 5. The fourth-order valence-corrected chi connectivity index (χ4v) is 20.3. The molecule has 0 radical (unpaired) electrons. The predicted molar refractivity (Wildman–Crippen MR) is 520 cm³/mol. The fourth-order valence-electron chi connectivity index (χ4n) is 20.3. The molecule has 0 N–H and O–H groups in total. The molecule has 11 aromatic rings. The second-order valence-electron chi connectivity index (χ2n) is 35.2.